The van der Waals surface area contributed by atoms with Crippen molar-refractivity contribution in [1.29, 1.82) is 0 Å². The summed E-state index contributed by atoms with van der Waals surface area (Å²) in [6.45, 7) is 1.52. The maximum atomic E-state index is 11.8. The molecule has 1 N–H and O–H groups in total. The van der Waals surface area contributed by atoms with Gasteiger partial charge in [0.1, 0.15) is 0 Å². The topological polar surface area (TPSA) is 83.5 Å². The summed E-state index contributed by atoms with van der Waals surface area (Å²) < 4.78 is 49.6. The molecular formula is C10H16N2O4S2. The predicted octanol–water partition coefficient (Wildman–Crippen LogP) is 0.698. The number of nitrogens with zero attached hydrogens (tertiary/aromatic N) is 1. The van der Waals surface area contributed by atoms with E-state index < -0.39 is 20.0 Å². The number of rotatable bonds is 5. The molecule has 0 saturated carbocycles. The van der Waals surface area contributed by atoms with E-state index in [0.717, 1.165) is 4.31 Å². The summed E-state index contributed by atoms with van der Waals surface area (Å²) >= 11 is 0. The van der Waals surface area contributed by atoms with Crippen LogP contribution in [0.25, 0.3) is 0 Å². The fraction of sp³-hybridized carbons (Fsp3) is 0.400. The second-order valence-electron chi connectivity index (χ2n) is 3.82. The van der Waals surface area contributed by atoms with Crippen LogP contribution in [-0.4, -0.2) is 41.0 Å². The quantitative estimate of drug-likeness (QED) is 0.866. The van der Waals surface area contributed by atoms with Gasteiger partial charge in [-0.15, -0.1) is 0 Å². The van der Waals surface area contributed by atoms with Crippen LogP contribution in [0.3, 0.4) is 0 Å². The first-order valence-corrected chi connectivity index (χ1v) is 8.31. The maximum Gasteiger partial charge on any atom is 0.242 e. The van der Waals surface area contributed by atoms with Gasteiger partial charge in [-0.2, -0.15) is 0 Å². The van der Waals surface area contributed by atoms with Crippen molar-refractivity contribution in [2.45, 2.75) is 11.8 Å². The molecule has 18 heavy (non-hydrogen) atoms. The van der Waals surface area contributed by atoms with Gasteiger partial charge < -0.3 is 0 Å². The van der Waals surface area contributed by atoms with Gasteiger partial charge in [0.25, 0.3) is 0 Å². The number of hydrogen-bond donors (Lipinski definition) is 1. The molecule has 0 aliphatic heterocycles. The lowest BCUT2D eigenvalue weighted by molar-refractivity contribution is 0.521. The van der Waals surface area contributed by atoms with Gasteiger partial charge in [0, 0.05) is 19.8 Å². The maximum absolute atomic E-state index is 11.8. The second kappa shape index (κ2) is 5.25. The molecule has 0 atom stereocenters. The van der Waals surface area contributed by atoms with Crippen LogP contribution in [-0.2, 0) is 20.0 Å². The highest BCUT2D eigenvalue weighted by atomic mass is 32.2. The Morgan fingerprint density at radius 2 is 1.56 bits per heavy atom. The van der Waals surface area contributed by atoms with E-state index in [1.54, 1.807) is 0 Å². The molecule has 1 aromatic rings. The van der Waals surface area contributed by atoms with Gasteiger partial charge in [-0.1, -0.05) is 0 Å². The zero-order valence-electron chi connectivity index (χ0n) is 10.4. The summed E-state index contributed by atoms with van der Waals surface area (Å²) in [5.41, 5.74) is 0.342. The predicted molar refractivity (Wildman–Crippen MR) is 70.4 cm³/mol. The van der Waals surface area contributed by atoms with Crippen molar-refractivity contribution in [1.82, 2.24) is 4.31 Å². The number of anilines is 1. The zero-order chi connectivity index (χ0) is 14.0. The van der Waals surface area contributed by atoms with E-state index in [4.69, 9.17) is 0 Å². The highest BCUT2D eigenvalue weighted by Gasteiger charge is 2.17. The van der Waals surface area contributed by atoms with Crippen molar-refractivity contribution in [2.24, 2.45) is 0 Å². The number of nitrogens with one attached hydrogen (secondary N) is 1. The Morgan fingerprint density at radius 3 is 1.94 bits per heavy atom. The molecule has 0 aliphatic carbocycles. The molecule has 0 fully saturated rings. The largest absolute Gasteiger partial charge is 0.284 e. The van der Waals surface area contributed by atoms with Crippen LogP contribution in [0.4, 0.5) is 5.69 Å². The molecule has 0 radical (unpaired) electrons. The van der Waals surface area contributed by atoms with Gasteiger partial charge in [-0.3, -0.25) is 4.72 Å². The minimum Gasteiger partial charge on any atom is -0.284 e. The summed E-state index contributed by atoms with van der Waals surface area (Å²) in [5, 5.41) is 0. The monoisotopic (exact) mass is 292 g/mol. The van der Waals surface area contributed by atoms with Crippen LogP contribution in [0.2, 0.25) is 0 Å². The molecule has 6 nitrogen and oxygen atoms in total. The van der Waals surface area contributed by atoms with Gasteiger partial charge in [0.05, 0.1) is 10.6 Å². The molecule has 0 aromatic heterocycles. The van der Waals surface area contributed by atoms with E-state index in [2.05, 4.69) is 4.72 Å². The fourth-order valence-electron chi connectivity index (χ4n) is 1.16. The number of benzene rings is 1. The molecule has 0 unspecified atom stereocenters. The highest BCUT2D eigenvalue weighted by Crippen LogP contribution is 2.17. The molecule has 102 valence electrons. The van der Waals surface area contributed by atoms with Crippen molar-refractivity contribution < 1.29 is 16.8 Å². The molecule has 0 spiro atoms. The summed E-state index contributed by atoms with van der Waals surface area (Å²) in [6.07, 6.45) is 0. The van der Waals surface area contributed by atoms with Gasteiger partial charge in [-0.05, 0) is 31.2 Å². The van der Waals surface area contributed by atoms with Crippen LogP contribution in [0.1, 0.15) is 6.92 Å². The molecular weight excluding hydrogens is 276 g/mol. The Morgan fingerprint density at radius 1 is 1.06 bits per heavy atom. The fourth-order valence-corrected chi connectivity index (χ4v) is 2.70. The molecule has 8 heteroatoms. The van der Waals surface area contributed by atoms with E-state index in [0.29, 0.717) is 5.69 Å². The number of sulfonamides is 2. The van der Waals surface area contributed by atoms with E-state index in [1.807, 2.05) is 0 Å². The average molecular weight is 292 g/mol. The first kappa shape index (κ1) is 14.9. The molecule has 0 aliphatic rings. The van der Waals surface area contributed by atoms with E-state index in [-0.39, 0.29) is 10.6 Å². The Bertz CT molecular complexity index is 604. The van der Waals surface area contributed by atoms with Crippen molar-refractivity contribution in [3.8, 4) is 0 Å². The van der Waals surface area contributed by atoms with Crippen molar-refractivity contribution in [2.75, 3.05) is 24.6 Å². The average Bonchev–Trinajstić information content (AvgIpc) is 2.29. The van der Waals surface area contributed by atoms with Crippen LogP contribution < -0.4 is 4.72 Å². The van der Waals surface area contributed by atoms with E-state index in [9.17, 15) is 16.8 Å². The van der Waals surface area contributed by atoms with Gasteiger partial charge >= 0.3 is 0 Å². The summed E-state index contributed by atoms with van der Waals surface area (Å²) in [6, 6.07) is 5.57. The molecule has 1 rings (SSSR count). The lowest BCUT2D eigenvalue weighted by atomic mass is 10.3. The van der Waals surface area contributed by atoms with Crippen LogP contribution in [0, 0.1) is 0 Å². The summed E-state index contributed by atoms with van der Waals surface area (Å²) in [7, 11) is -3.97. The van der Waals surface area contributed by atoms with E-state index in [1.165, 1.54) is 45.3 Å². The third-order valence-corrected chi connectivity index (χ3v) is 5.42. The Balaban J connectivity index is 3.02. The molecule has 0 saturated heterocycles. The Hall–Kier alpha value is -1.12. The molecule has 0 heterocycles. The highest BCUT2D eigenvalue weighted by molar-refractivity contribution is 7.92. The first-order valence-electron chi connectivity index (χ1n) is 5.22. The minimum atomic E-state index is -3.49. The second-order valence-corrected chi connectivity index (χ2v) is 7.98. The van der Waals surface area contributed by atoms with Crippen molar-refractivity contribution in [3.63, 3.8) is 0 Å². The van der Waals surface area contributed by atoms with Gasteiger partial charge in [0.2, 0.25) is 20.0 Å². The SMILES string of the molecule is CCS(=O)(=O)Nc1ccc(S(=O)(=O)N(C)C)cc1. The third kappa shape index (κ3) is 3.44. The van der Waals surface area contributed by atoms with E-state index >= 15 is 0 Å². The molecule has 0 bridgehead atoms. The normalized spacial score (nSPS) is 12.7. The van der Waals surface area contributed by atoms with Gasteiger partial charge in [0.15, 0.2) is 0 Å². The van der Waals surface area contributed by atoms with Crippen LogP contribution >= 0.6 is 0 Å². The zero-order valence-corrected chi connectivity index (χ0v) is 12.0. The lowest BCUT2D eigenvalue weighted by Crippen LogP contribution is -2.22. The standard InChI is InChI=1S/C10H16N2O4S2/c1-4-17(13,14)11-9-5-7-10(8-6-9)18(15,16)12(2)3/h5-8,11H,4H2,1-3H3. The van der Waals surface area contributed by atoms with Crippen LogP contribution in [0.15, 0.2) is 29.2 Å². The van der Waals surface area contributed by atoms with Crippen LogP contribution in [0.5, 0.6) is 0 Å². The molecule has 0 amide bonds. The summed E-state index contributed by atoms with van der Waals surface area (Å²) in [5.74, 6) is -0.0370. The van der Waals surface area contributed by atoms with Gasteiger partial charge in [-0.25, -0.2) is 21.1 Å². The Labute approximate surface area is 108 Å². The smallest absolute Gasteiger partial charge is 0.242 e. The lowest BCUT2D eigenvalue weighted by Gasteiger charge is -2.12. The number of hydrogen-bond acceptors (Lipinski definition) is 4. The minimum absolute atomic E-state index is 0.0370. The third-order valence-electron chi connectivity index (χ3n) is 2.29. The summed E-state index contributed by atoms with van der Waals surface area (Å²) in [4.78, 5) is 0.118. The van der Waals surface area contributed by atoms with Crippen molar-refractivity contribution >= 4 is 25.7 Å². The van der Waals surface area contributed by atoms with Crippen molar-refractivity contribution in [3.05, 3.63) is 24.3 Å². The first-order chi connectivity index (χ1) is 8.19. The molecule has 1 aromatic carbocycles. The Kier molecular flexibility index (Phi) is 4.36.